The summed E-state index contributed by atoms with van der Waals surface area (Å²) in [7, 11) is -1.50. The molecule has 0 aliphatic rings. The molecule has 5 nitrogen and oxygen atoms in total. The molecule has 1 rings (SSSR count). The van der Waals surface area contributed by atoms with Gasteiger partial charge in [-0.1, -0.05) is 6.92 Å². The van der Waals surface area contributed by atoms with E-state index in [1.54, 1.807) is 13.0 Å². The first-order valence-electron chi connectivity index (χ1n) is 6.71. The highest BCUT2D eigenvalue weighted by Crippen LogP contribution is 2.25. The molecule has 1 atom stereocenters. The molecule has 0 amide bonds. The first-order valence-corrected chi connectivity index (χ1v) is 9.01. The summed E-state index contributed by atoms with van der Waals surface area (Å²) < 4.78 is 27.0. The Labute approximate surface area is 125 Å². The van der Waals surface area contributed by atoms with Gasteiger partial charge in [0.25, 0.3) is 0 Å². The molecule has 0 aliphatic carbocycles. The van der Waals surface area contributed by atoms with E-state index in [1.807, 2.05) is 7.05 Å². The molecule has 2 N–H and O–H groups in total. The van der Waals surface area contributed by atoms with Gasteiger partial charge in [0.1, 0.15) is 0 Å². The summed E-state index contributed by atoms with van der Waals surface area (Å²) >= 11 is 1.31. The molecule has 0 radical (unpaired) electrons. The molecule has 1 unspecified atom stereocenters. The van der Waals surface area contributed by atoms with Crippen molar-refractivity contribution < 1.29 is 13.5 Å². The van der Waals surface area contributed by atoms with Crippen molar-refractivity contribution in [2.45, 2.75) is 44.7 Å². The van der Waals surface area contributed by atoms with Gasteiger partial charge in [-0.3, -0.25) is 0 Å². The van der Waals surface area contributed by atoms with Crippen LogP contribution in [0.4, 0.5) is 0 Å². The Hall–Kier alpha value is -0.470. The molecule has 116 valence electrons. The lowest BCUT2D eigenvalue weighted by Gasteiger charge is -2.23. The van der Waals surface area contributed by atoms with E-state index < -0.39 is 10.0 Å². The van der Waals surface area contributed by atoms with Crippen molar-refractivity contribution in [2.75, 3.05) is 20.1 Å². The smallest absolute Gasteiger partial charge is 0.241 e. The lowest BCUT2D eigenvalue weighted by molar-refractivity contribution is 0.256. The summed E-state index contributed by atoms with van der Waals surface area (Å²) in [5, 5.41) is 9.07. The number of nitrogens with zero attached hydrogens (tertiary/aromatic N) is 1. The van der Waals surface area contributed by atoms with Crippen molar-refractivity contribution in [3.63, 3.8) is 0 Å². The van der Waals surface area contributed by atoms with Crippen LogP contribution in [0.1, 0.15) is 30.0 Å². The third-order valence-electron chi connectivity index (χ3n) is 3.47. The molecule has 0 aromatic carbocycles. The Morgan fingerprint density at radius 2 is 2.15 bits per heavy atom. The second kappa shape index (κ2) is 7.51. The maximum Gasteiger partial charge on any atom is 0.241 e. The van der Waals surface area contributed by atoms with Gasteiger partial charge in [-0.15, -0.1) is 11.3 Å². The number of aliphatic hydroxyl groups excluding tert-OH is 1. The summed E-state index contributed by atoms with van der Waals surface area (Å²) in [5.74, 6) is 0. The summed E-state index contributed by atoms with van der Waals surface area (Å²) in [6.07, 6.45) is 1.03. The van der Waals surface area contributed by atoms with Gasteiger partial charge < -0.3 is 10.0 Å². The fourth-order valence-electron chi connectivity index (χ4n) is 1.84. The molecule has 1 heterocycles. The van der Waals surface area contributed by atoms with E-state index >= 15 is 0 Å². The van der Waals surface area contributed by atoms with Gasteiger partial charge in [0.2, 0.25) is 10.0 Å². The molecule has 1 aromatic heterocycles. The highest BCUT2D eigenvalue weighted by atomic mass is 32.2. The topological polar surface area (TPSA) is 69.6 Å². The first kappa shape index (κ1) is 17.6. The lowest BCUT2D eigenvalue weighted by Crippen LogP contribution is -2.37. The largest absolute Gasteiger partial charge is 0.391 e. The summed E-state index contributed by atoms with van der Waals surface area (Å²) in [4.78, 5) is 3.77. The van der Waals surface area contributed by atoms with Crippen LogP contribution in [0, 0.1) is 6.92 Å². The van der Waals surface area contributed by atoms with Gasteiger partial charge >= 0.3 is 0 Å². The number of likely N-dealkylation sites (N-methyl/N-ethyl adjacent to an activating group) is 1. The normalized spacial score (nSPS) is 13.9. The van der Waals surface area contributed by atoms with Crippen LogP contribution >= 0.6 is 11.3 Å². The van der Waals surface area contributed by atoms with Crippen LogP contribution in [0.2, 0.25) is 0 Å². The van der Waals surface area contributed by atoms with Gasteiger partial charge in [0.15, 0.2) is 0 Å². The van der Waals surface area contributed by atoms with Crippen LogP contribution in [0.25, 0.3) is 0 Å². The van der Waals surface area contributed by atoms with Crippen LogP contribution in [0.5, 0.6) is 0 Å². The average molecular weight is 320 g/mol. The van der Waals surface area contributed by atoms with Gasteiger partial charge in [-0.25, -0.2) is 13.1 Å². The SMILES string of the molecule is CCC(C)N(C)CCNS(=O)(=O)c1cc(CO)sc1C. The maximum atomic E-state index is 12.2. The number of hydrogen-bond donors (Lipinski definition) is 2. The molecular formula is C13H24N2O3S2. The Morgan fingerprint density at radius 1 is 1.50 bits per heavy atom. The number of aliphatic hydroxyl groups is 1. The van der Waals surface area contributed by atoms with Crippen molar-refractivity contribution >= 4 is 21.4 Å². The summed E-state index contributed by atoms with van der Waals surface area (Å²) in [5.41, 5.74) is 0. The van der Waals surface area contributed by atoms with E-state index in [0.29, 0.717) is 28.9 Å². The van der Waals surface area contributed by atoms with Crippen molar-refractivity contribution in [3.05, 3.63) is 15.8 Å². The van der Waals surface area contributed by atoms with E-state index in [1.165, 1.54) is 11.3 Å². The first-order chi connectivity index (χ1) is 9.31. The number of nitrogens with one attached hydrogen (secondary N) is 1. The number of thiophene rings is 1. The fraction of sp³-hybridized carbons (Fsp3) is 0.692. The molecule has 0 saturated heterocycles. The minimum absolute atomic E-state index is 0.127. The molecule has 0 aliphatic heterocycles. The molecule has 0 fully saturated rings. The monoisotopic (exact) mass is 320 g/mol. The third kappa shape index (κ3) is 4.53. The Bertz CT molecular complexity index is 526. The highest BCUT2D eigenvalue weighted by Gasteiger charge is 2.19. The van der Waals surface area contributed by atoms with Gasteiger partial charge in [-0.05, 0) is 33.4 Å². The van der Waals surface area contributed by atoms with E-state index in [4.69, 9.17) is 5.11 Å². The zero-order chi connectivity index (χ0) is 15.3. The molecule has 20 heavy (non-hydrogen) atoms. The predicted molar refractivity (Wildman–Crippen MR) is 82.6 cm³/mol. The van der Waals surface area contributed by atoms with E-state index in [-0.39, 0.29) is 11.5 Å². The van der Waals surface area contributed by atoms with E-state index in [9.17, 15) is 8.42 Å². The molecule has 7 heteroatoms. The summed E-state index contributed by atoms with van der Waals surface area (Å²) in [6, 6.07) is 1.98. The predicted octanol–water partition coefficient (Wildman–Crippen LogP) is 1.56. The minimum atomic E-state index is -3.49. The van der Waals surface area contributed by atoms with E-state index in [2.05, 4.69) is 23.5 Å². The maximum absolute atomic E-state index is 12.2. The highest BCUT2D eigenvalue weighted by molar-refractivity contribution is 7.89. The molecule has 1 aromatic rings. The minimum Gasteiger partial charge on any atom is -0.391 e. The number of sulfonamides is 1. The Kier molecular flexibility index (Phi) is 6.60. The third-order valence-corrected chi connectivity index (χ3v) is 6.22. The molecular weight excluding hydrogens is 296 g/mol. The van der Waals surface area contributed by atoms with Crippen molar-refractivity contribution in [1.29, 1.82) is 0 Å². The van der Waals surface area contributed by atoms with Crippen LogP contribution in [-0.2, 0) is 16.6 Å². The number of hydrogen-bond acceptors (Lipinski definition) is 5. The molecule has 0 saturated carbocycles. The Morgan fingerprint density at radius 3 is 2.65 bits per heavy atom. The van der Waals surface area contributed by atoms with Gasteiger partial charge in [-0.2, -0.15) is 0 Å². The van der Waals surface area contributed by atoms with Gasteiger partial charge in [0, 0.05) is 28.9 Å². The zero-order valence-corrected chi connectivity index (χ0v) is 14.1. The quantitative estimate of drug-likeness (QED) is 0.762. The van der Waals surface area contributed by atoms with Gasteiger partial charge in [0.05, 0.1) is 11.5 Å². The second-order valence-corrected chi connectivity index (χ2v) is 8.00. The fourth-order valence-corrected chi connectivity index (χ4v) is 4.35. The van der Waals surface area contributed by atoms with Crippen molar-refractivity contribution in [3.8, 4) is 0 Å². The van der Waals surface area contributed by atoms with Crippen LogP contribution in [0.3, 0.4) is 0 Å². The lowest BCUT2D eigenvalue weighted by atomic mass is 10.2. The second-order valence-electron chi connectivity index (χ2n) is 4.93. The molecule has 0 bridgehead atoms. The van der Waals surface area contributed by atoms with Crippen LogP contribution in [-0.4, -0.2) is 44.6 Å². The molecule has 0 spiro atoms. The van der Waals surface area contributed by atoms with Crippen LogP contribution in [0.15, 0.2) is 11.0 Å². The van der Waals surface area contributed by atoms with Crippen molar-refractivity contribution in [1.82, 2.24) is 9.62 Å². The zero-order valence-electron chi connectivity index (χ0n) is 12.5. The van der Waals surface area contributed by atoms with E-state index in [0.717, 1.165) is 6.42 Å². The van der Waals surface area contributed by atoms with Crippen LogP contribution < -0.4 is 4.72 Å². The number of rotatable bonds is 8. The van der Waals surface area contributed by atoms with Crippen molar-refractivity contribution in [2.24, 2.45) is 0 Å². The average Bonchev–Trinajstić information content (AvgIpc) is 2.79. The summed E-state index contributed by atoms with van der Waals surface area (Å²) in [6.45, 7) is 6.90. The standard InChI is InChI=1S/C13H24N2O3S2/c1-5-10(2)15(4)7-6-14-20(17,18)13-8-12(9-16)19-11(13)3/h8,10,14,16H,5-7,9H2,1-4H3. The Balaban J connectivity index is 2.64. The number of aryl methyl sites for hydroxylation is 1.